The van der Waals surface area contributed by atoms with Crippen molar-refractivity contribution in [3.8, 4) is 16.9 Å². The van der Waals surface area contributed by atoms with Gasteiger partial charge in [-0.25, -0.2) is 4.79 Å². The van der Waals surface area contributed by atoms with E-state index in [1.807, 2.05) is 0 Å². The average molecular weight is 735 g/mol. The summed E-state index contributed by atoms with van der Waals surface area (Å²) in [5, 5.41) is 2.69. The summed E-state index contributed by atoms with van der Waals surface area (Å²) in [6, 6.07) is 22.7. The van der Waals surface area contributed by atoms with Gasteiger partial charge in [-0.05, 0) is 66.9 Å². The Balaban J connectivity index is 1.54. The van der Waals surface area contributed by atoms with Gasteiger partial charge in [-0.1, -0.05) is 60.7 Å². The number of amides is 2. The topological polar surface area (TPSA) is 138 Å². The van der Waals surface area contributed by atoms with Gasteiger partial charge in [0.1, 0.15) is 12.4 Å². The molecule has 11 nitrogen and oxygen atoms in total. The number of rotatable bonds is 14. The van der Waals surface area contributed by atoms with E-state index >= 15 is 0 Å². The lowest BCUT2D eigenvalue weighted by Gasteiger charge is -2.29. The molecule has 0 aliphatic rings. The second kappa shape index (κ2) is 17.4. The molecule has 4 rings (SSSR count). The number of hydrogen-bond donors (Lipinski definition) is 1. The van der Waals surface area contributed by atoms with Gasteiger partial charge < -0.3 is 29.2 Å². The molecule has 0 aliphatic heterocycles. The van der Waals surface area contributed by atoms with E-state index in [1.165, 1.54) is 67.5 Å². The Hall–Kier alpha value is -6.18. The number of halogens is 3. The van der Waals surface area contributed by atoms with Crippen molar-refractivity contribution in [3.05, 3.63) is 119 Å². The van der Waals surface area contributed by atoms with Gasteiger partial charge >= 0.3 is 24.1 Å². The highest BCUT2D eigenvalue weighted by Crippen LogP contribution is 2.33. The Labute approximate surface area is 303 Å². The lowest BCUT2D eigenvalue weighted by Crippen LogP contribution is -2.50. The van der Waals surface area contributed by atoms with Gasteiger partial charge in [0.25, 0.3) is 11.8 Å². The Morgan fingerprint density at radius 1 is 0.698 bits per heavy atom. The van der Waals surface area contributed by atoms with Crippen LogP contribution in [0.4, 0.5) is 18.9 Å². The molecule has 0 unspecified atom stereocenters. The molecular weight excluding hydrogens is 697 g/mol. The molecule has 0 aromatic heterocycles. The van der Waals surface area contributed by atoms with Crippen LogP contribution in [-0.2, 0) is 40.2 Å². The molecule has 53 heavy (non-hydrogen) atoms. The zero-order valence-electron chi connectivity index (χ0n) is 29.3. The molecule has 0 saturated heterocycles. The summed E-state index contributed by atoms with van der Waals surface area (Å²) in [6.45, 7) is 1.57. The molecule has 0 atom stereocenters. The van der Waals surface area contributed by atoms with E-state index < -0.39 is 60.1 Å². The minimum atomic E-state index is -4.52. The molecule has 0 bridgehead atoms. The minimum Gasteiger partial charge on any atom is -0.482 e. The Morgan fingerprint density at radius 3 is 1.89 bits per heavy atom. The summed E-state index contributed by atoms with van der Waals surface area (Å²) >= 11 is 0. The van der Waals surface area contributed by atoms with Crippen molar-refractivity contribution in [3.63, 3.8) is 0 Å². The predicted octanol–water partition coefficient (Wildman–Crippen LogP) is 6.31. The number of nitrogens with zero attached hydrogens (tertiary/aromatic N) is 1. The van der Waals surface area contributed by atoms with Gasteiger partial charge in [-0.3, -0.25) is 19.2 Å². The normalized spacial score (nSPS) is 11.2. The maximum atomic E-state index is 13.5. The number of carbonyl (C=O) groups excluding carboxylic acids is 5. The molecule has 1 N–H and O–H groups in total. The lowest BCUT2D eigenvalue weighted by atomic mass is 9.81. The number of benzene rings is 4. The van der Waals surface area contributed by atoms with E-state index in [-0.39, 0.29) is 41.3 Å². The zero-order chi connectivity index (χ0) is 38.8. The summed E-state index contributed by atoms with van der Waals surface area (Å²) in [4.78, 5) is 67.4. The SMILES string of the molecule is CCOC(=O)C(COC(=O)COc1ccc(NC(=O)c2ccccc2-c2ccc(C(F)(F)F)cc2)c(C(=O)N(C)C)c1)(C(=O)OCC)c1ccccc1. The minimum absolute atomic E-state index is 0.00561. The van der Waals surface area contributed by atoms with E-state index in [2.05, 4.69) is 5.32 Å². The van der Waals surface area contributed by atoms with Crippen LogP contribution in [0.5, 0.6) is 5.75 Å². The van der Waals surface area contributed by atoms with Crippen molar-refractivity contribution >= 4 is 35.4 Å². The van der Waals surface area contributed by atoms with E-state index in [0.717, 1.165) is 12.1 Å². The number of hydrogen-bond acceptors (Lipinski definition) is 9. The van der Waals surface area contributed by atoms with Gasteiger partial charge in [0, 0.05) is 19.7 Å². The Morgan fingerprint density at radius 2 is 1.30 bits per heavy atom. The van der Waals surface area contributed by atoms with Crippen molar-refractivity contribution in [1.29, 1.82) is 0 Å². The smallest absolute Gasteiger partial charge is 0.416 e. The van der Waals surface area contributed by atoms with Crippen LogP contribution >= 0.6 is 0 Å². The fraction of sp³-hybridized carbons (Fsp3) is 0.256. The fourth-order valence-electron chi connectivity index (χ4n) is 5.23. The van der Waals surface area contributed by atoms with Gasteiger partial charge in [0.15, 0.2) is 6.61 Å². The molecule has 0 saturated carbocycles. The number of carbonyl (C=O) groups is 5. The molecule has 278 valence electrons. The quantitative estimate of drug-likeness (QED) is 0.0898. The molecule has 0 fully saturated rings. The highest BCUT2D eigenvalue weighted by atomic mass is 19.4. The number of nitrogens with one attached hydrogen (secondary N) is 1. The van der Waals surface area contributed by atoms with Crippen LogP contribution in [-0.4, -0.2) is 75.1 Å². The first-order chi connectivity index (χ1) is 25.2. The number of anilines is 1. The third-order valence-electron chi connectivity index (χ3n) is 7.89. The van der Waals surface area contributed by atoms with Crippen molar-refractivity contribution < 1.29 is 56.1 Å². The van der Waals surface area contributed by atoms with Crippen molar-refractivity contribution in [1.82, 2.24) is 4.90 Å². The molecular formula is C39H37F3N2O9. The van der Waals surface area contributed by atoms with Gasteiger partial charge in [-0.2, -0.15) is 13.2 Å². The van der Waals surface area contributed by atoms with Crippen molar-refractivity contribution in [2.24, 2.45) is 0 Å². The first-order valence-corrected chi connectivity index (χ1v) is 16.3. The first kappa shape index (κ1) is 39.6. The monoisotopic (exact) mass is 734 g/mol. The Kier molecular flexibility index (Phi) is 13.0. The van der Waals surface area contributed by atoms with Crippen LogP contribution in [0.2, 0.25) is 0 Å². The van der Waals surface area contributed by atoms with Crippen molar-refractivity contribution in [2.45, 2.75) is 25.4 Å². The van der Waals surface area contributed by atoms with E-state index in [9.17, 15) is 37.1 Å². The fourth-order valence-corrected chi connectivity index (χ4v) is 5.23. The lowest BCUT2D eigenvalue weighted by molar-refractivity contribution is -0.170. The van der Waals surface area contributed by atoms with E-state index in [1.54, 1.807) is 50.2 Å². The molecule has 4 aromatic rings. The van der Waals surface area contributed by atoms with Crippen LogP contribution in [0.3, 0.4) is 0 Å². The number of ether oxygens (including phenoxy) is 4. The van der Waals surface area contributed by atoms with Gasteiger partial charge in [0.05, 0.1) is 30.0 Å². The molecule has 0 heterocycles. The van der Waals surface area contributed by atoms with E-state index in [0.29, 0.717) is 11.1 Å². The van der Waals surface area contributed by atoms with Crippen LogP contribution in [0.1, 0.15) is 45.7 Å². The maximum Gasteiger partial charge on any atom is 0.416 e. The molecule has 0 radical (unpaired) electrons. The van der Waals surface area contributed by atoms with Gasteiger partial charge in [0.2, 0.25) is 5.41 Å². The summed E-state index contributed by atoms with van der Waals surface area (Å²) in [5.41, 5.74) is -1.81. The number of alkyl halides is 3. The average Bonchev–Trinajstić information content (AvgIpc) is 3.14. The Bertz CT molecular complexity index is 1930. The molecule has 0 spiro atoms. The zero-order valence-corrected chi connectivity index (χ0v) is 29.3. The molecule has 0 aliphatic carbocycles. The standard InChI is InChI=1S/C39H37F3N2O9/c1-5-50-36(48)38(37(49)51-6-2,26-12-8-7-9-13-26)24-53-33(45)23-52-28-20-21-32(31(22-28)35(47)44(3)4)43-34(46)30-15-11-10-14-29(30)25-16-18-27(19-17-25)39(40,41)42/h7-22H,5-6,23-24H2,1-4H3,(H,43,46). The largest absolute Gasteiger partial charge is 0.482 e. The first-order valence-electron chi connectivity index (χ1n) is 16.3. The highest BCUT2D eigenvalue weighted by Gasteiger charge is 2.52. The predicted molar refractivity (Wildman–Crippen MR) is 187 cm³/mol. The summed E-state index contributed by atoms with van der Waals surface area (Å²) in [5.74, 6) is -4.02. The highest BCUT2D eigenvalue weighted by molar-refractivity contribution is 6.12. The van der Waals surface area contributed by atoms with Crippen LogP contribution in [0, 0.1) is 0 Å². The maximum absolute atomic E-state index is 13.5. The summed E-state index contributed by atoms with van der Waals surface area (Å²) in [7, 11) is 2.98. The molecule has 14 heteroatoms. The number of esters is 3. The third kappa shape index (κ3) is 9.39. The van der Waals surface area contributed by atoms with Crippen LogP contribution in [0.25, 0.3) is 11.1 Å². The van der Waals surface area contributed by atoms with E-state index in [4.69, 9.17) is 18.9 Å². The molecule has 2 amide bonds. The molecule has 4 aromatic carbocycles. The summed E-state index contributed by atoms with van der Waals surface area (Å²) < 4.78 is 60.7. The van der Waals surface area contributed by atoms with Gasteiger partial charge in [-0.15, -0.1) is 0 Å². The van der Waals surface area contributed by atoms with Crippen LogP contribution < -0.4 is 10.1 Å². The van der Waals surface area contributed by atoms with Crippen LogP contribution in [0.15, 0.2) is 97.1 Å². The third-order valence-corrected chi connectivity index (χ3v) is 7.89. The second-order valence-electron chi connectivity index (χ2n) is 11.6. The second-order valence-corrected chi connectivity index (χ2v) is 11.6. The summed E-state index contributed by atoms with van der Waals surface area (Å²) in [6.07, 6.45) is -4.52. The van der Waals surface area contributed by atoms with Crippen molar-refractivity contribution in [2.75, 3.05) is 45.8 Å².